The molecule has 1 saturated heterocycles. The van der Waals surface area contributed by atoms with Crippen molar-refractivity contribution in [2.45, 2.75) is 19.4 Å². The van der Waals surface area contributed by atoms with Gasteiger partial charge >= 0.3 is 6.03 Å². The Morgan fingerprint density at radius 3 is 2.70 bits per heavy atom. The Morgan fingerprint density at radius 1 is 1.35 bits per heavy atom. The largest absolute Gasteiger partial charge is 0.353 e. The number of halogens is 1. The van der Waals surface area contributed by atoms with E-state index in [2.05, 4.69) is 16.0 Å². The molecular formula is C15H19ClN4O3. The van der Waals surface area contributed by atoms with Crippen molar-refractivity contribution in [3.8, 4) is 0 Å². The first-order chi connectivity index (χ1) is 11.0. The number of nitrogens with one attached hydrogen (secondary N) is 3. The van der Waals surface area contributed by atoms with Gasteiger partial charge in [0.25, 0.3) is 0 Å². The maximum Gasteiger partial charge on any atom is 0.318 e. The first-order valence-corrected chi connectivity index (χ1v) is 7.76. The Kier molecular flexibility index (Phi) is 5.81. The van der Waals surface area contributed by atoms with Gasteiger partial charge in [0.2, 0.25) is 11.8 Å². The molecule has 0 saturated carbocycles. The van der Waals surface area contributed by atoms with Crippen LogP contribution in [0.25, 0.3) is 0 Å². The second-order valence-corrected chi connectivity index (χ2v) is 5.53. The summed E-state index contributed by atoms with van der Waals surface area (Å²) >= 11 is 5.79. The third-order valence-corrected chi connectivity index (χ3v) is 3.68. The lowest BCUT2D eigenvalue weighted by atomic mass is 10.1. The van der Waals surface area contributed by atoms with Gasteiger partial charge in [0.05, 0.1) is 6.42 Å². The molecule has 0 unspecified atom stereocenters. The molecule has 1 aromatic carbocycles. The molecule has 1 aromatic rings. The van der Waals surface area contributed by atoms with Gasteiger partial charge in [-0.2, -0.15) is 0 Å². The topological polar surface area (TPSA) is 90.5 Å². The monoisotopic (exact) mass is 338 g/mol. The normalized spacial score (nSPS) is 17.4. The fourth-order valence-corrected chi connectivity index (χ4v) is 2.46. The van der Waals surface area contributed by atoms with Crippen LogP contribution in [0.3, 0.4) is 0 Å². The van der Waals surface area contributed by atoms with Crippen molar-refractivity contribution in [3.63, 3.8) is 0 Å². The molecule has 0 spiro atoms. The molecule has 0 aliphatic carbocycles. The number of urea groups is 1. The highest BCUT2D eigenvalue weighted by atomic mass is 35.5. The average Bonchev–Trinajstić information content (AvgIpc) is 2.52. The van der Waals surface area contributed by atoms with Crippen LogP contribution < -0.4 is 16.0 Å². The second-order valence-electron chi connectivity index (χ2n) is 5.09. The van der Waals surface area contributed by atoms with E-state index in [9.17, 15) is 14.4 Å². The Morgan fingerprint density at radius 2 is 2.04 bits per heavy atom. The Labute approximate surface area is 139 Å². The number of piperazine rings is 1. The van der Waals surface area contributed by atoms with Gasteiger partial charge in [-0.1, -0.05) is 11.6 Å². The number of carbonyl (C=O) groups excluding carboxylic acids is 3. The summed E-state index contributed by atoms with van der Waals surface area (Å²) in [6, 6.07) is 5.50. The fraction of sp³-hybridized carbons (Fsp3) is 0.400. The Balaban J connectivity index is 2.01. The van der Waals surface area contributed by atoms with Crippen LogP contribution in [0.2, 0.25) is 5.02 Å². The van der Waals surface area contributed by atoms with E-state index in [4.69, 9.17) is 11.6 Å². The number of benzene rings is 1. The summed E-state index contributed by atoms with van der Waals surface area (Å²) in [6.07, 6.45) is -0.106. The van der Waals surface area contributed by atoms with Gasteiger partial charge in [-0.25, -0.2) is 4.79 Å². The maximum absolute atomic E-state index is 12.2. The van der Waals surface area contributed by atoms with Crippen LogP contribution in [0.5, 0.6) is 0 Å². The number of hydrogen-bond acceptors (Lipinski definition) is 3. The van der Waals surface area contributed by atoms with E-state index in [0.717, 1.165) is 0 Å². The van der Waals surface area contributed by atoms with Crippen molar-refractivity contribution < 1.29 is 14.4 Å². The quantitative estimate of drug-likeness (QED) is 0.770. The minimum atomic E-state index is -0.817. The van der Waals surface area contributed by atoms with Crippen molar-refractivity contribution in [1.29, 1.82) is 0 Å². The molecule has 1 heterocycles. The van der Waals surface area contributed by atoms with Crippen molar-refractivity contribution in [2.75, 3.05) is 25.0 Å². The van der Waals surface area contributed by atoms with Crippen LogP contribution in [0.1, 0.15) is 13.3 Å². The molecular weight excluding hydrogens is 320 g/mol. The summed E-state index contributed by atoms with van der Waals surface area (Å²) in [6.45, 7) is 3.01. The Hall–Kier alpha value is -2.28. The first-order valence-electron chi connectivity index (χ1n) is 7.39. The van der Waals surface area contributed by atoms with E-state index in [1.807, 2.05) is 0 Å². The minimum absolute atomic E-state index is 0.106. The van der Waals surface area contributed by atoms with Crippen molar-refractivity contribution in [1.82, 2.24) is 15.5 Å². The SMILES string of the molecule is CCNC(=O)N1CCNC(=O)[C@H]1CC(=O)Nc1ccc(Cl)cc1. The zero-order valence-corrected chi connectivity index (χ0v) is 13.5. The molecule has 7 nitrogen and oxygen atoms in total. The standard InChI is InChI=1S/C15H19ClN4O3/c1-2-17-15(23)20-8-7-18-14(22)12(20)9-13(21)19-11-5-3-10(16)4-6-11/h3-6,12H,2,7-9H2,1H3,(H,17,23)(H,18,22)(H,19,21)/t12-/m1/s1. The van der Waals surface area contributed by atoms with Gasteiger partial charge < -0.3 is 20.9 Å². The van der Waals surface area contributed by atoms with E-state index in [0.29, 0.717) is 30.3 Å². The number of rotatable bonds is 4. The van der Waals surface area contributed by atoms with Crippen LogP contribution in [0, 0.1) is 0 Å². The number of anilines is 1. The van der Waals surface area contributed by atoms with Gasteiger partial charge in [-0.15, -0.1) is 0 Å². The molecule has 2 rings (SSSR count). The van der Waals surface area contributed by atoms with Crippen molar-refractivity contribution in [3.05, 3.63) is 29.3 Å². The third kappa shape index (κ3) is 4.59. The number of carbonyl (C=O) groups is 3. The zero-order valence-electron chi connectivity index (χ0n) is 12.8. The second kappa shape index (κ2) is 7.82. The summed E-state index contributed by atoms with van der Waals surface area (Å²) in [5.74, 6) is -0.669. The first kappa shape index (κ1) is 17.1. The van der Waals surface area contributed by atoms with E-state index in [1.165, 1.54) is 4.90 Å². The molecule has 1 aliphatic heterocycles. The predicted octanol–water partition coefficient (Wildman–Crippen LogP) is 1.20. The third-order valence-electron chi connectivity index (χ3n) is 3.43. The minimum Gasteiger partial charge on any atom is -0.353 e. The van der Waals surface area contributed by atoms with E-state index in [-0.39, 0.29) is 24.3 Å². The average molecular weight is 339 g/mol. The molecule has 8 heteroatoms. The molecule has 124 valence electrons. The predicted molar refractivity (Wildman–Crippen MR) is 87.3 cm³/mol. The molecule has 1 aliphatic rings. The summed E-state index contributed by atoms with van der Waals surface area (Å²) in [4.78, 5) is 37.6. The van der Waals surface area contributed by atoms with Crippen LogP contribution in [0.15, 0.2) is 24.3 Å². The van der Waals surface area contributed by atoms with Crippen molar-refractivity contribution in [2.24, 2.45) is 0 Å². The molecule has 0 bridgehead atoms. The lowest BCUT2D eigenvalue weighted by Crippen LogP contribution is -2.60. The summed E-state index contributed by atoms with van der Waals surface area (Å²) < 4.78 is 0. The van der Waals surface area contributed by atoms with Crippen LogP contribution in [0.4, 0.5) is 10.5 Å². The van der Waals surface area contributed by atoms with Crippen LogP contribution >= 0.6 is 11.6 Å². The van der Waals surface area contributed by atoms with Crippen LogP contribution in [-0.4, -0.2) is 48.4 Å². The highest BCUT2D eigenvalue weighted by molar-refractivity contribution is 6.30. The lowest BCUT2D eigenvalue weighted by molar-refractivity contribution is -0.131. The number of amides is 4. The summed E-state index contributed by atoms with van der Waals surface area (Å²) in [5.41, 5.74) is 0.583. The molecule has 3 N–H and O–H groups in total. The van der Waals surface area contributed by atoms with Gasteiger partial charge in [0, 0.05) is 30.3 Å². The van der Waals surface area contributed by atoms with E-state index < -0.39 is 6.04 Å². The van der Waals surface area contributed by atoms with Crippen LogP contribution in [-0.2, 0) is 9.59 Å². The highest BCUT2D eigenvalue weighted by Gasteiger charge is 2.34. The van der Waals surface area contributed by atoms with E-state index in [1.54, 1.807) is 31.2 Å². The molecule has 1 atom stereocenters. The Bertz CT molecular complexity index is 591. The molecule has 4 amide bonds. The zero-order chi connectivity index (χ0) is 16.8. The molecule has 1 fully saturated rings. The number of hydrogen-bond donors (Lipinski definition) is 3. The summed E-state index contributed by atoms with van der Waals surface area (Å²) in [7, 11) is 0. The highest BCUT2D eigenvalue weighted by Crippen LogP contribution is 2.15. The van der Waals surface area contributed by atoms with Gasteiger partial charge in [0.15, 0.2) is 0 Å². The molecule has 0 aromatic heterocycles. The van der Waals surface area contributed by atoms with Gasteiger partial charge in [-0.05, 0) is 31.2 Å². The molecule has 23 heavy (non-hydrogen) atoms. The summed E-state index contributed by atoms with van der Waals surface area (Å²) in [5, 5.41) is 8.59. The lowest BCUT2D eigenvalue weighted by Gasteiger charge is -2.34. The van der Waals surface area contributed by atoms with Gasteiger partial charge in [0.1, 0.15) is 6.04 Å². The number of nitrogens with zero attached hydrogens (tertiary/aromatic N) is 1. The smallest absolute Gasteiger partial charge is 0.318 e. The van der Waals surface area contributed by atoms with E-state index >= 15 is 0 Å². The fourth-order valence-electron chi connectivity index (χ4n) is 2.33. The van der Waals surface area contributed by atoms with Gasteiger partial charge in [-0.3, -0.25) is 9.59 Å². The molecule has 0 radical (unpaired) electrons. The van der Waals surface area contributed by atoms with Crippen molar-refractivity contribution >= 4 is 35.1 Å². The maximum atomic E-state index is 12.2.